The highest BCUT2D eigenvalue weighted by Gasteiger charge is 2.33. The number of thiophene rings is 1. The lowest BCUT2D eigenvalue weighted by Gasteiger charge is -2.20. The summed E-state index contributed by atoms with van der Waals surface area (Å²) in [7, 11) is 0. The van der Waals surface area contributed by atoms with Crippen LogP contribution in [-0.2, 0) is 17.6 Å². The molecule has 1 N–H and O–H groups in total. The van der Waals surface area contributed by atoms with Gasteiger partial charge in [-0.2, -0.15) is 4.98 Å². The first-order valence-corrected chi connectivity index (χ1v) is 11.0. The molecule has 1 unspecified atom stereocenters. The molecule has 2 aromatic rings. The molecule has 2 heterocycles. The number of aromatic nitrogens is 2. The van der Waals surface area contributed by atoms with E-state index in [1.807, 2.05) is 0 Å². The topological polar surface area (TPSA) is 68.0 Å². The highest BCUT2D eigenvalue weighted by atomic mass is 32.1. The van der Waals surface area contributed by atoms with Crippen molar-refractivity contribution in [2.75, 3.05) is 5.32 Å². The maximum absolute atomic E-state index is 12.7. The maximum atomic E-state index is 12.7. The van der Waals surface area contributed by atoms with E-state index < -0.39 is 0 Å². The molecule has 0 saturated heterocycles. The van der Waals surface area contributed by atoms with Gasteiger partial charge in [-0.25, -0.2) is 0 Å². The van der Waals surface area contributed by atoms with Gasteiger partial charge in [0.05, 0.1) is 5.56 Å². The number of carbonyl (C=O) groups excluding carboxylic acids is 1. The van der Waals surface area contributed by atoms with Crippen LogP contribution in [0.1, 0.15) is 74.1 Å². The summed E-state index contributed by atoms with van der Waals surface area (Å²) in [6, 6.07) is 0. The van der Waals surface area contributed by atoms with Gasteiger partial charge in [0.2, 0.25) is 0 Å². The first kappa shape index (κ1) is 17.2. The minimum Gasteiger partial charge on any atom is -0.334 e. The Morgan fingerprint density at radius 2 is 2.22 bits per heavy atom. The van der Waals surface area contributed by atoms with E-state index in [1.165, 1.54) is 23.3 Å². The molecule has 2 aromatic heterocycles. The number of allylic oxidation sites excluding steroid dienone is 1. The molecule has 0 aliphatic heterocycles. The van der Waals surface area contributed by atoms with Gasteiger partial charge in [-0.1, -0.05) is 24.6 Å². The van der Waals surface area contributed by atoms with E-state index in [4.69, 9.17) is 9.51 Å². The molecule has 1 atom stereocenters. The van der Waals surface area contributed by atoms with Gasteiger partial charge in [-0.3, -0.25) is 4.79 Å². The third-order valence-corrected chi connectivity index (χ3v) is 7.27. The van der Waals surface area contributed by atoms with Crippen molar-refractivity contribution in [1.82, 2.24) is 10.1 Å². The van der Waals surface area contributed by atoms with Crippen LogP contribution in [0.2, 0.25) is 0 Å². The third-order valence-electron chi connectivity index (χ3n) is 6.10. The number of fused-ring (bicyclic) bond motifs is 1. The molecule has 1 fully saturated rings. The molecule has 3 aliphatic rings. The average molecular weight is 384 g/mol. The zero-order chi connectivity index (χ0) is 18.4. The molecular weight excluding hydrogens is 358 g/mol. The van der Waals surface area contributed by atoms with Crippen molar-refractivity contribution in [2.45, 2.75) is 70.6 Å². The van der Waals surface area contributed by atoms with Gasteiger partial charge < -0.3 is 9.84 Å². The fourth-order valence-corrected chi connectivity index (χ4v) is 5.57. The van der Waals surface area contributed by atoms with Crippen LogP contribution in [0.3, 0.4) is 0 Å². The van der Waals surface area contributed by atoms with Crippen LogP contribution in [0.15, 0.2) is 16.2 Å². The first-order valence-electron chi connectivity index (χ1n) is 10.2. The normalized spacial score (nSPS) is 21.8. The van der Waals surface area contributed by atoms with Gasteiger partial charge in [-0.05, 0) is 62.8 Å². The van der Waals surface area contributed by atoms with E-state index in [1.54, 1.807) is 11.3 Å². The van der Waals surface area contributed by atoms with Gasteiger partial charge in [0.15, 0.2) is 5.82 Å². The van der Waals surface area contributed by atoms with Crippen LogP contribution in [0.25, 0.3) is 11.5 Å². The SMILES string of the molecule is CCC1CCc2c(sc(NC(=O)C3=CCCC3)c2-c2nc(C3CC3)no2)C1. The molecular formula is C21H25N3O2S. The van der Waals surface area contributed by atoms with Crippen molar-refractivity contribution >= 4 is 22.2 Å². The van der Waals surface area contributed by atoms with E-state index in [-0.39, 0.29) is 5.91 Å². The van der Waals surface area contributed by atoms with Crippen LogP contribution < -0.4 is 5.32 Å². The minimum absolute atomic E-state index is 0.0290. The highest BCUT2D eigenvalue weighted by Crippen LogP contribution is 2.46. The largest absolute Gasteiger partial charge is 0.334 e. The molecule has 6 heteroatoms. The Morgan fingerprint density at radius 3 is 2.96 bits per heavy atom. The number of rotatable bonds is 5. The molecule has 0 bridgehead atoms. The fraction of sp³-hybridized carbons (Fsp3) is 0.571. The van der Waals surface area contributed by atoms with Gasteiger partial charge in [0.1, 0.15) is 5.00 Å². The third kappa shape index (κ3) is 3.24. The summed E-state index contributed by atoms with van der Waals surface area (Å²) >= 11 is 1.71. The summed E-state index contributed by atoms with van der Waals surface area (Å²) in [6.45, 7) is 2.26. The zero-order valence-corrected chi connectivity index (χ0v) is 16.5. The number of hydrogen-bond acceptors (Lipinski definition) is 5. The standard InChI is InChI=1S/C21H25N3O2S/c1-2-12-7-10-15-16(11-12)27-21(23-19(25)14-5-3-4-6-14)17(15)20-22-18(24-26-20)13-8-9-13/h5,12-13H,2-4,6-11H2,1H3,(H,23,25). The quantitative estimate of drug-likeness (QED) is 0.767. The number of nitrogens with zero attached hydrogens (tertiary/aromatic N) is 2. The molecule has 1 amide bonds. The van der Waals surface area contributed by atoms with Crippen molar-refractivity contribution in [1.29, 1.82) is 0 Å². The summed E-state index contributed by atoms with van der Waals surface area (Å²) in [4.78, 5) is 18.8. The predicted octanol–water partition coefficient (Wildman–Crippen LogP) is 5.24. The van der Waals surface area contributed by atoms with Crippen LogP contribution in [-0.4, -0.2) is 16.0 Å². The van der Waals surface area contributed by atoms with Crippen LogP contribution >= 0.6 is 11.3 Å². The van der Waals surface area contributed by atoms with E-state index in [2.05, 4.69) is 23.5 Å². The molecule has 3 aliphatic carbocycles. The van der Waals surface area contributed by atoms with Gasteiger partial charge in [0, 0.05) is 16.4 Å². The van der Waals surface area contributed by atoms with Crippen molar-refractivity contribution in [2.24, 2.45) is 5.92 Å². The lowest BCUT2D eigenvalue weighted by Crippen LogP contribution is -2.13. The van der Waals surface area contributed by atoms with Crippen LogP contribution in [0, 0.1) is 5.92 Å². The Morgan fingerprint density at radius 1 is 1.33 bits per heavy atom. The van der Waals surface area contributed by atoms with Gasteiger partial charge in [0.25, 0.3) is 11.8 Å². The van der Waals surface area contributed by atoms with Crippen LogP contribution in [0.4, 0.5) is 5.00 Å². The highest BCUT2D eigenvalue weighted by molar-refractivity contribution is 7.17. The Bertz CT molecular complexity index is 907. The number of amides is 1. The molecule has 0 aromatic carbocycles. The molecule has 142 valence electrons. The Kier molecular flexibility index (Phi) is 4.38. The average Bonchev–Trinajstić information content (AvgIpc) is 3.10. The Hall–Kier alpha value is -1.95. The summed E-state index contributed by atoms with van der Waals surface area (Å²) < 4.78 is 5.66. The fourth-order valence-electron chi connectivity index (χ4n) is 4.22. The number of carbonyl (C=O) groups is 1. The van der Waals surface area contributed by atoms with Crippen LogP contribution in [0.5, 0.6) is 0 Å². The summed E-state index contributed by atoms with van der Waals surface area (Å²) in [6.07, 6.45) is 11.8. The van der Waals surface area contributed by atoms with Crippen molar-refractivity contribution in [3.05, 3.63) is 27.9 Å². The molecule has 5 rings (SSSR count). The van der Waals surface area contributed by atoms with Crippen molar-refractivity contribution < 1.29 is 9.32 Å². The lowest BCUT2D eigenvalue weighted by atomic mass is 9.85. The first-order chi connectivity index (χ1) is 13.2. The Balaban J connectivity index is 1.52. The maximum Gasteiger partial charge on any atom is 0.261 e. The monoisotopic (exact) mass is 383 g/mol. The van der Waals surface area contributed by atoms with Gasteiger partial charge >= 0.3 is 0 Å². The summed E-state index contributed by atoms with van der Waals surface area (Å²) in [5.41, 5.74) is 3.20. The lowest BCUT2D eigenvalue weighted by molar-refractivity contribution is -0.112. The smallest absolute Gasteiger partial charge is 0.261 e. The van der Waals surface area contributed by atoms with E-state index >= 15 is 0 Å². The number of anilines is 1. The molecule has 1 saturated carbocycles. The second-order valence-electron chi connectivity index (χ2n) is 8.03. The van der Waals surface area contributed by atoms with Crippen molar-refractivity contribution in [3.8, 4) is 11.5 Å². The zero-order valence-electron chi connectivity index (χ0n) is 15.7. The second kappa shape index (κ2) is 6.89. The van der Waals surface area contributed by atoms with Crippen molar-refractivity contribution in [3.63, 3.8) is 0 Å². The Labute approximate surface area is 163 Å². The molecule has 5 nitrogen and oxygen atoms in total. The van der Waals surface area contributed by atoms with E-state index in [0.29, 0.717) is 11.8 Å². The summed E-state index contributed by atoms with van der Waals surface area (Å²) in [5.74, 6) is 2.63. The van der Waals surface area contributed by atoms with Gasteiger partial charge in [-0.15, -0.1) is 11.3 Å². The molecule has 27 heavy (non-hydrogen) atoms. The van der Waals surface area contributed by atoms with E-state index in [9.17, 15) is 4.79 Å². The number of nitrogens with one attached hydrogen (secondary N) is 1. The summed E-state index contributed by atoms with van der Waals surface area (Å²) in [5, 5.41) is 8.27. The second-order valence-corrected chi connectivity index (χ2v) is 9.14. The molecule has 0 radical (unpaired) electrons. The number of hydrogen-bond donors (Lipinski definition) is 1. The predicted molar refractivity (Wildman–Crippen MR) is 106 cm³/mol. The minimum atomic E-state index is 0.0290. The molecule has 0 spiro atoms. The van der Waals surface area contributed by atoms with E-state index in [0.717, 1.165) is 72.8 Å².